The molecule has 7 rings (SSSR count). The van der Waals surface area contributed by atoms with E-state index < -0.39 is 11.2 Å². The van der Waals surface area contributed by atoms with Gasteiger partial charge in [0.05, 0.1) is 19.1 Å². The minimum absolute atomic E-state index is 0.0183. The summed E-state index contributed by atoms with van der Waals surface area (Å²) < 4.78 is 11.6. The van der Waals surface area contributed by atoms with Crippen LogP contribution >= 0.6 is 0 Å². The molecule has 2 aliphatic heterocycles. The second kappa shape index (κ2) is 3.94. The van der Waals surface area contributed by atoms with E-state index in [0.717, 1.165) is 32.1 Å². The molecule has 2 heterocycles. The summed E-state index contributed by atoms with van der Waals surface area (Å²) >= 11 is 0. The van der Waals surface area contributed by atoms with Gasteiger partial charge in [0.25, 0.3) is 0 Å². The molecule has 4 nitrogen and oxygen atoms in total. The Bertz CT molecular complexity index is 752. The largest absolute Gasteiger partial charge is 0.361 e. The molecule has 0 aromatic rings. The second-order valence-electron chi connectivity index (χ2n) is 8.58. The summed E-state index contributed by atoms with van der Waals surface area (Å²) in [6, 6.07) is 0. The molecule has 4 fully saturated rings. The van der Waals surface area contributed by atoms with Crippen LogP contribution in [-0.4, -0.2) is 36.0 Å². The molecule has 6 atom stereocenters. The van der Waals surface area contributed by atoms with E-state index in [1.807, 2.05) is 6.08 Å². The zero-order valence-electron chi connectivity index (χ0n) is 14.0. The lowest BCUT2D eigenvalue weighted by Crippen LogP contribution is -2.67. The summed E-state index contributed by atoms with van der Waals surface area (Å²) in [5, 5.41) is 0. The van der Waals surface area contributed by atoms with Crippen LogP contribution in [0.25, 0.3) is 0 Å². The summed E-state index contributed by atoms with van der Waals surface area (Å²) in [5.74, 6) is 0.474. The van der Waals surface area contributed by atoms with Crippen LogP contribution in [0.1, 0.15) is 39.0 Å². The van der Waals surface area contributed by atoms with Gasteiger partial charge in [0.1, 0.15) is 0 Å². The lowest BCUT2D eigenvalue weighted by molar-refractivity contribution is -0.153. The summed E-state index contributed by atoms with van der Waals surface area (Å²) in [5.41, 5.74) is 1.08. The lowest BCUT2D eigenvalue weighted by Gasteiger charge is -2.59. The molecule has 0 N–H and O–H groups in total. The van der Waals surface area contributed by atoms with Crippen LogP contribution in [0, 0.1) is 23.2 Å². The number of Topliss-reactive ketones (excluding diaryl/α,β-unsaturated/α-hetero) is 1. The highest BCUT2D eigenvalue weighted by Crippen LogP contribution is 2.74. The van der Waals surface area contributed by atoms with E-state index in [1.165, 1.54) is 11.1 Å². The fraction of sp³-hybridized carbons (Fsp3) is 0.700. The summed E-state index contributed by atoms with van der Waals surface area (Å²) in [6.07, 6.45) is 9.26. The Morgan fingerprint density at radius 3 is 2.62 bits per heavy atom. The quantitative estimate of drug-likeness (QED) is 0.577. The van der Waals surface area contributed by atoms with Crippen LogP contribution in [0.2, 0.25) is 0 Å². The van der Waals surface area contributed by atoms with E-state index in [4.69, 9.17) is 9.47 Å². The Kier molecular flexibility index (Phi) is 2.29. The first kappa shape index (κ1) is 14.0. The van der Waals surface area contributed by atoms with E-state index in [1.54, 1.807) is 0 Å². The number of hydrogen-bond acceptors (Lipinski definition) is 4. The van der Waals surface area contributed by atoms with Crippen LogP contribution in [-0.2, 0) is 19.1 Å². The van der Waals surface area contributed by atoms with Crippen molar-refractivity contribution >= 4 is 11.6 Å². The molecular weight excluding hydrogens is 304 g/mol. The van der Waals surface area contributed by atoms with Gasteiger partial charge in [-0.15, -0.1) is 0 Å². The Morgan fingerprint density at radius 1 is 1.21 bits per heavy atom. The Labute approximate surface area is 141 Å². The number of rotatable bonds is 2. The van der Waals surface area contributed by atoms with Gasteiger partial charge in [-0.3, -0.25) is 9.59 Å². The van der Waals surface area contributed by atoms with Gasteiger partial charge in [0.15, 0.2) is 22.8 Å². The third kappa shape index (κ3) is 1.24. The molecule has 4 heteroatoms. The molecule has 2 saturated carbocycles. The highest BCUT2D eigenvalue weighted by atomic mass is 16.6. The number of ether oxygens (including phenoxy) is 2. The minimum Gasteiger partial charge on any atom is -0.361 e. The molecule has 0 aromatic heterocycles. The van der Waals surface area contributed by atoms with Crippen molar-refractivity contribution in [2.75, 3.05) is 13.2 Å². The van der Waals surface area contributed by atoms with E-state index in [0.29, 0.717) is 19.0 Å². The molecule has 1 unspecified atom stereocenters. The summed E-state index contributed by atoms with van der Waals surface area (Å²) in [4.78, 5) is 26.3. The Hall–Kier alpha value is -1.26. The summed E-state index contributed by atoms with van der Waals surface area (Å²) in [6.45, 7) is 3.22. The first-order chi connectivity index (χ1) is 11.6. The van der Waals surface area contributed by atoms with Gasteiger partial charge < -0.3 is 9.47 Å². The van der Waals surface area contributed by atoms with E-state index in [-0.39, 0.29) is 29.0 Å². The molecule has 0 aromatic carbocycles. The van der Waals surface area contributed by atoms with Crippen molar-refractivity contribution in [3.63, 3.8) is 0 Å². The van der Waals surface area contributed by atoms with Crippen LogP contribution in [0.3, 0.4) is 0 Å². The fourth-order valence-electron chi connectivity index (χ4n) is 6.79. The summed E-state index contributed by atoms with van der Waals surface area (Å²) in [7, 11) is 0. The topological polar surface area (TPSA) is 59.2 Å². The Morgan fingerprint density at radius 2 is 1.96 bits per heavy atom. The number of hydrogen-bond donors (Lipinski definition) is 0. The van der Waals surface area contributed by atoms with Gasteiger partial charge in [0.2, 0.25) is 0 Å². The van der Waals surface area contributed by atoms with Crippen molar-refractivity contribution in [3.05, 3.63) is 23.3 Å². The highest BCUT2D eigenvalue weighted by Gasteiger charge is 2.81. The average Bonchev–Trinajstić information content (AvgIpc) is 3.46. The molecule has 5 aliphatic carbocycles. The molecule has 2 saturated heterocycles. The molecule has 0 amide bonds. The zero-order valence-corrected chi connectivity index (χ0v) is 14.0. The van der Waals surface area contributed by atoms with Crippen LogP contribution < -0.4 is 0 Å². The third-order valence-electron chi connectivity index (χ3n) is 7.72. The number of carbonyl (C=O) groups excluding carboxylic acids is 2. The lowest BCUT2D eigenvalue weighted by atomic mass is 9.41. The van der Waals surface area contributed by atoms with Crippen LogP contribution in [0.15, 0.2) is 23.3 Å². The van der Waals surface area contributed by atoms with Crippen molar-refractivity contribution in [1.29, 1.82) is 0 Å². The van der Waals surface area contributed by atoms with Gasteiger partial charge in [0, 0.05) is 17.3 Å². The van der Waals surface area contributed by atoms with Gasteiger partial charge in [-0.25, -0.2) is 0 Å². The van der Waals surface area contributed by atoms with Crippen molar-refractivity contribution in [3.8, 4) is 0 Å². The molecule has 2 bridgehead atoms. The predicted molar refractivity (Wildman–Crippen MR) is 85.2 cm³/mol. The molecule has 0 radical (unpaired) electrons. The van der Waals surface area contributed by atoms with Crippen molar-refractivity contribution < 1.29 is 19.1 Å². The van der Waals surface area contributed by atoms with Crippen LogP contribution in [0.5, 0.6) is 0 Å². The maximum atomic E-state index is 13.4. The number of epoxide rings is 2. The van der Waals surface area contributed by atoms with E-state index in [9.17, 15) is 9.59 Å². The van der Waals surface area contributed by atoms with E-state index >= 15 is 0 Å². The monoisotopic (exact) mass is 326 g/mol. The van der Waals surface area contributed by atoms with E-state index in [2.05, 4.69) is 13.0 Å². The standard InChI is InChI=1S/C20H22O4/c1-2-4-11-7-13-16-18(15(11)17(22)19(13)9-23-19)6-3-5-12(18)8-14(21)20(16)10-24-20/h7-8,13,15-16H,2-6,9-10H2,1H3/t13-,15-,16+,18?,19+,20-/m1/s1. The minimum atomic E-state index is -0.662. The molecule has 7 aliphatic rings. The van der Waals surface area contributed by atoms with Gasteiger partial charge in [-0.2, -0.15) is 0 Å². The number of carbonyl (C=O) groups is 2. The van der Waals surface area contributed by atoms with Gasteiger partial charge >= 0.3 is 0 Å². The van der Waals surface area contributed by atoms with Gasteiger partial charge in [-0.1, -0.05) is 30.6 Å². The smallest absolute Gasteiger partial charge is 0.190 e. The first-order valence-corrected chi connectivity index (χ1v) is 9.38. The van der Waals surface area contributed by atoms with Gasteiger partial charge in [-0.05, 0) is 31.8 Å². The number of ketones is 2. The third-order valence-corrected chi connectivity index (χ3v) is 7.72. The predicted octanol–water partition coefficient (Wildman–Crippen LogP) is 2.38. The maximum Gasteiger partial charge on any atom is 0.190 e. The second-order valence-corrected chi connectivity index (χ2v) is 8.58. The van der Waals surface area contributed by atoms with Crippen molar-refractivity contribution in [2.24, 2.45) is 23.2 Å². The fourth-order valence-corrected chi connectivity index (χ4v) is 6.79. The SMILES string of the molecule is CCCC1=C[C@@H]2[C@H]3C4(CCCC4=CC(=O)[C@]34CO4)[C@H]1C(=O)[C@]21CO1. The molecule has 3 spiro atoms. The van der Waals surface area contributed by atoms with Crippen LogP contribution in [0.4, 0.5) is 0 Å². The Balaban J connectivity index is 1.63. The zero-order chi connectivity index (χ0) is 16.3. The number of allylic oxidation sites excluding steroid dienone is 2. The average molecular weight is 326 g/mol. The highest BCUT2D eigenvalue weighted by molar-refractivity contribution is 6.05. The molecule has 24 heavy (non-hydrogen) atoms. The first-order valence-electron chi connectivity index (χ1n) is 9.38. The normalized spacial score (nSPS) is 53.1. The maximum absolute atomic E-state index is 13.4. The molecule has 126 valence electrons. The van der Waals surface area contributed by atoms with Crippen molar-refractivity contribution in [2.45, 2.75) is 50.2 Å². The van der Waals surface area contributed by atoms with Crippen molar-refractivity contribution in [1.82, 2.24) is 0 Å². The molecular formula is C20H22O4.